The number of nitrogens with zero attached hydrogens (tertiary/aromatic N) is 2. The van der Waals surface area contributed by atoms with Crippen molar-refractivity contribution in [1.82, 2.24) is 19.9 Å². The summed E-state index contributed by atoms with van der Waals surface area (Å²) in [5.74, 6) is 3.51. The molecule has 2 aromatic heterocycles. The van der Waals surface area contributed by atoms with Crippen molar-refractivity contribution in [2.75, 3.05) is 0 Å². The highest BCUT2D eigenvalue weighted by Gasteiger charge is 2.30. The normalized spacial score (nSPS) is 13.6. The topological polar surface area (TPSA) is 75.8 Å². The molecule has 0 unspecified atom stereocenters. The van der Waals surface area contributed by atoms with Gasteiger partial charge in [-0.25, -0.2) is 9.97 Å². The predicted octanol–water partition coefficient (Wildman–Crippen LogP) is 4.54. The molecule has 6 heteroatoms. The van der Waals surface area contributed by atoms with E-state index in [1.54, 1.807) is 0 Å². The Morgan fingerprint density at radius 2 is 1.21 bits per heavy atom. The van der Waals surface area contributed by atoms with Crippen LogP contribution < -0.4 is 9.47 Å². The lowest BCUT2D eigenvalue weighted by molar-refractivity contribution is 0.277. The minimum absolute atomic E-state index is 0.543. The summed E-state index contributed by atoms with van der Waals surface area (Å²) in [4.78, 5) is 15.2. The molecule has 4 aromatic rings. The number of hydrogen-bond acceptors (Lipinski definition) is 4. The lowest BCUT2D eigenvalue weighted by Crippen LogP contribution is -2.15. The van der Waals surface area contributed by atoms with Crippen molar-refractivity contribution in [2.24, 2.45) is 0 Å². The summed E-state index contributed by atoms with van der Waals surface area (Å²) in [5, 5.41) is 0. The quantitative estimate of drug-likeness (QED) is 0.543. The van der Waals surface area contributed by atoms with E-state index in [1.165, 1.54) is 16.7 Å². The zero-order valence-corrected chi connectivity index (χ0v) is 15.6. The van der Waals surface area contributed by atoms with E-state index in [9.17, 15) is 0 Å². The minimum atomic E-state index is 0.543. The number of imidazole rings is 2. The van der Waals surface area contributed by atoms with Crippen molar-refractivity contribution < 1.29 is 9.47 Å². The van der Waals surface area contributed by atoms with Gasteiger partial charge in [0.15, 0.2) is 0 Å². The maximum absolute atomic E-state index is 6.14. The number of hydrogen-bond donors (Lipinski definition) is 2. The van der Waals surface area contributed by atoms with Crippen LogP contribution in [0.3, 0.4) is 0 Å². The Labute approximate surface area is 161 Å². The van der Waals surface area contributed by atoms with E-state index >= 15 is 0 Å². The maximum Gasteiger partial charge on any atom is 0.132 e. The highest BCUT2D eigenvalue weighted by molar-refractivity contribution is 5.88. The van der Waals surface area contributed by atoms with Gasteiger partial charge in [-0.1, -0.05) is 0 Å². The minimum Gasteiger partial charge on any atom is -0.488 e. The molecule has 138 valence electrons. The van der Waals surface area contributed by atoms with Crippen LogP contribution in [-0.4, -0.2) is 19.9 Å². The molecule has 6 nitrogen and oxygen atoms in total. The fourth-order valence-electron chi connectivity index (χ4n) is 4.14. The van der Waals surface area contributed by atoms with E-state index in [0.29, 0.717) is 13.2 Å². The van der Waals surface area contributed by atoms with Crippen LogP contribution in [0.1, 0.15) is 22.8 Å². The second-order valence-corrected chi connectivity index (χ2v) is 7.36. The molecule has 0 bridgehead atoms. The molecule has 0 spiro atoms. The number of rotatable bonds is 2. The largest absolute Gasteiger partial charge is 0.488 e. The average Bonchev–Trinajstić information content (AvgIpc) is 3.34. The molecular weight excluding hydrogens is 352 g/mol. The van der Waals surface area contributed by atoms with Crippen molar-refractivity contribution >= 4 is 0 Å². The van der Waals surface area contributed by atoms with Gasteiger partial charge in [-0.3, -0.25) is 0 Å². The van der Waals surface area contributed by atoms with E-state index in [1.807, 2.05) is 26.2 Å². The van der Waals surface area contributed by atoms with Crippen LogP contribution in [0.4, 0.5) is 0 Å². The molecule has 0 saturated heterocycles. The first-order chi connectivity index (χ1) is 13.7. The molecule has 0 fully saturated rings. The fraction of sp³-hybridized carbons (Fsp3) is 0.182. The number of nitrogens with one attached hydrogen (secondary N) is 2. The third-order valence-corrected chi connectivity index (χ3v) is 5.41. The van der Waals surface area contributed by atoms with Crippen LogP contribution in [0.5, 0.6) is 11.5 Å². The second kappa shape index (κ2) is 5.48. The molecule has 2 aliphatic heterocycles. The number of H-pyrrole nitrogens is 2. The van der Waals surface area contributed by atoms with Crippen molar-refractivity contribution in [3.05, 3.63) is 59.4 Å². The van der Waals surface area contributed by atoms with Gasteiger partial charge in [-0.15, -0.1) is 0 Å². The zero-order chi connectivity index (χ0) is 18.8. The van der Waals surface area contributed by atoms with Crippen molar-refractivity contribution in [3.8, 4) is 45.1 Å². The molecule has 2 aliphatic rings. The number of aromatic amines is 2. The number of aryl methyl sites for hydroxylation is 2. The molecule has 6 rings (SSSR count). The van der Waals surface area contributed by atoms with Gasteiger partial charge < -0.3 is 19.4 Å². The molecule has 0 saturated carbocycles. The van der Waals surface area contributed by atoms with E-state index in [-0.39, 0.29) is 0 Å². The highest BCUT2D eigenvalue weighted by Crippen LogP contribution is 2.51. The number of aromatic nitrogens is 4. The molecule has 0 atom stereocenters. The average molecular weight is 370 g/mol. The molecule has 2 aromatic carbocycles. The molecular formula is C22H18N4O2. The summed E-state index contributed by atoms with van der Waals surface area (Å²) in [6.07, 6.45) is 3.71. The fourth-order valence-corrected chi connectivity index (χ4v) is 4.14. The lowest BCUT2D eigenvalue weighted by atomic mass is 9.87. The van der Waals surface area contributed by atoms with Crippen molar-refractivity contribution in [3.63, 3.8) is 0 Å². The summed E-state index contributed by atoms with van der Waals surface area (Å²) in [6.45, 7) is 4.99. The van der Waals surface area contributed by atoms with Crippen LogP contribution in [-0.2, 0) is 13.2 Å². The molecule has 4 heterocycles. The zero-order valence-electron chi connectivity index (χ0n) is 15.6. The first-order valence-corrected chi connectivity index (χ1v) is 9.29. The first kappa shape index (κ1) is 15.5. The van der Waals surface area contributed by atoms with E-state index in [2.05, 4.69) is 44.2 Å². The van der Waals surface area contributed by atoms with Gasteiger partial charge in [0, 0.05) is 16.7 Å². The predicted molar refractivity (Wildman–Crippen MR) is 105 cm³/mol. The smallest absolute Gasteiger partial charge is 0.132 e. The molecule has 0 radical (unpaired) electrons. The summed E-state index contributed by atoms with van der Waals surface area (Å²) in [5.41, 5.74) is 8.76. The number of ether oxygens (including phenoxy) is 2. The molecule has 28 heavy (non-hydrogen) atoms. The van der Waals surface area contributed by atoms with Crippen LogP contribution in [0, 0.1) is 13.8 Å². The molecule has 0 amide bonds. The van der Waals surface area contributed by atoms with Gasteiger partial charge in [0.2, 0.25) is 0 Å². The first-order valence-electron chi connectivity index (χ1n) is 9.29. The van der Waals surface area contributed by atoms with E-state index < -0.39 is 0 Å². The van der Waals surface area contributed by atoms with Crippen LogP contribution in [0.15, 0.2) is 36.7 Å². The molecule has 2 N–H and O–H groups in total. The Bertz CT molecular complexity index is 1100. The second-order valence-electron chi connectivity index (χ2n) is 7.36. The highest BCUT2D eigenvalue weighted by atomic mass is 16.5. The third-order valence-electron chi connectivity index (χ3n) is 5.41. The summed E-state index contributed by atoms with van der Waals surface area (Å²) in [6, 6.07) is 8.52. The van der Waals surface area contributed by atoms with Gasteiger partial charge >= 0.3 is 0 Å². The van der Waals surface area contributed by atoms with Gasteiger partial charge in [-0.05, 0) is 49.2 Å². The summed E-state index contributed by atoms with van der Waals surface area (Å²) in [7, 11) is 0. The third kappa shape index (κ3) is 2.21. The van der Waals surface area contributed by atoms with Crippen LogP contribution in [0.2, 0.25) is 0 Å². The van der Waals surface area contributed by atoms with Crippen molar-refractivity contribution in [2.45, 2.75) is 27.1 Å². The van der Waals surface area contributed by atoms with E-state index in [4.69, 9.17) is 9.47 Å². The Morgan fingerprint density at radius 1 is 0.714 bits per heavy atom. The monoisotopic (exact) mass is 370 g/mol. The Hall–Kier alpha value is -3.54. The van der Waals surface area contributed by atoms with Crippen LogP contribution in [0.25, 0.3) is 33.6 Å². The van der Waals surface area contributed by atoms with E-state index in [0.717, 1.165) is 51.2 Å². The lowest BCUT2D eigenvalue weighted by Gasteiger charge is -2.30. The summed E-state index contributed by atoms with van der Waals surface area (Å²) >= 11 is 0. The van der Waals surface area contributed by atoms with Gasteiger partial charge in [0.05, 0.1) is 29.3 Å². The Kier molecular flexibility index (Phi) is 3.04. The Balaban J connectivity index is 1.52. The SMILES string of the molecule is Cc1ncc(-c2cc3c4c(c2)COc2cc(-c5cnc(C)[nH]5)cc(c2-4)OC3)[nH]1. The molecule has 0 aliphatic carbocycles. The van der Waals surface area contributed by atoms with Gasteiger partial charge in [0.25, 0.3) is 0 Å². The number of benzene rings is 2. The van der Waals surface area contributed by atoms with Gasteiger partial charge in [-0.2, -0.15) is 0 Å². The summed E-state index contributed by atoms with van der Waals surface area (Å²) < 4.78 is 12.3. The van der Waals surface area contributed by atoms with Gasteiger partial charge in [0.1, 0.15) is 36.4 Å². The maximum atomic E-state index is 6.14. The Morgan fingerprint density at radius 3 is 1.68 bits per heavy atom. The standard InChI is InChI=1S/C22H18N4O2/c1-11-23-7-17(25-11)13-3-15-9-27-19-5-14(18-8-24-12(2)26-18)6-20-22(19)21(15)16(4-13)10-28-20/h3-8H,9-10H2,1-2H3,(H,23,25)(H,24,26). The van der Waals surface area contributed by atoms with Crippen molar-refractivity contribution in [1.29, 1.82) is 0 Å². The van der Waals surface area contributed by atoms with Crippen LogP contribution >= 0.6 is 0 Å².